The number of hydrogen-bond acceptors (Lipinski definition) is 5. The molecule has 1 aromatic heterocycles. The number of nitriles is 1. The number of fused-ring (bicyclic) bond motifs is 1. The second-order valence-corrected chi connectivity index (χ2v) is 3.52. The molecule has 0 N–H and O–H groups in total. The average Bonchev–Trinajstić information content (AvgIpc) is 2.37. The molecular weight excluding hydrogens is 234 g/mol. The molecule has 0 spiro atoms. The zero-order chi connectivity index (χ0) is 13.1. The van der Waals surface area contributed by atoms with Gasteiger partial charge in [0.25, 0.3) is 5.69 Å². The molecule has 1 heterocycles. The first-order valence-corrected chi connectivity index (χ1v) is 5.27. The van der Waals surface area contributed by atoms with Crippen LogP contribution in [-0.4, -0.2) is 16.5 Å². The maximum atomic E-state index is 10.7. The van der Waals surface area contributed by atoms with Gasteiger partial charge in [-0.1, -0.05) is 0 Å². The Morgan fingerprint density at radius 1 is 1.50 bits per heavy atom. The third-order valence-corrected chi connectivity index (χ3v) is 2.38. The minimum Gasteiger partial charge on any atom is -0.477 e. The Kier molecular flexibility index (Phi) is 3.06. The summed E-state index contributed by atoms with van der Waals surface area (Å²) in [5.41, 5.74) is 0.797. The molecule has 0 aliphatic carbocycles. The van der Waals surface area contributed by atoms with Crippen molar-refractivity contribution in [1.82, 2.24) is 4.98 Å². The van der Waals surface area contributed by atoms with Crippen molar-refractivity contribution in [2.75, 3.05) is 6.61 Å². The van der Waals surface area contributed by atoms with E-state index in [4.69, 9.17) is 10.00 Å². The summed E-state index contributed by atoms with van der Waals surface area (Å²) in [5.74, 6) is 0.251. The number of nitro benzene ring substituents is 1. The van der Waals surface area contributed by atoms with E-state index in [2.05, 4.69) is 4.98 Å². The molecule has 0 aliphatic heterocycles. The van der Waals surface area contributed by atoms with Crippen molar-refractivity contribution < 1.29 is 9.66 Å². The van der Waals surface area contributed by atoms with Crippen molar-refractivity contribution in [2.45, 2.75) is 6.92 Å². The van der Waals surface area contributed by atoms with E-state index in [1.165, 1.54) is 18.2 Å². The fraction of sp³-hybridized carbons (Fsp3) is 0.167. The Labute approximate surface area is 103 Å². The number of nitro groups is 1. The van der Waals surface area contributed by atoms with Gasteiger partial charge in [0.1, 0.15) is 11.6 Å². The van der Waals surface area contributed by atoms with Crippen molar-refractivity contribution in [2.24, 2.45) is 0 Å². The standard InChI is InChI=1S/C12H9N3O3/c1-2-18-12-9(7-13)5-8-6-10(15(16)17)3-4-11(8)14-12/h3-6H,2H2,1H3. The summed E-state index contributed by atoms with van der Waals surface area (Å²) >= 11 is 0. The predicted octanol–water partition coefficient (Wildman–Crippen LogP) is 2.41. The first-order valence-electron chi connectivity index (χ1n) is 5.27. The highest BCUT2D eigenvalue weighted by atomic mass is 16.6. The zero-order valence-electron chi connectivity index (χ0n) is 9.58. The van der Waals surface area contributed by atoms with Crippen molar-refractivity contribution in [3.05, 3.63) is 39.9 Å². The maximum absolute atomic E-state index is 10.7. The van der Waals surface area contributed by atoms with E-state index in [1.807, 2.05) is 6.07 Å². The van der Waals surface area contributed by atoms with Crippen LogP contribution in [0.15, 0.2) is 24.3 Å². The van der Waals surface area contributed by atoms with Crippen LogP contribution in [0.2, 0.25) is 0 Å². The second-order valence-electron chi connectivity index (χ2n) is 3.52. The summed E-state index contributed by atoms with van der Waals surface area (Å²) in [5, 5.41) is 20.2. The van der Waals surface area contributed by atoms with Crippen molar-refractivity contribution >= 4 is 16.6 Å². The third-order valence-electron chi connectivity index (χ3n) is 2.38. The predicted molar refractivity (Wildman–Crippen MR) is 64.3 cm³/mol. The number of non-ortho nitro benzene ring substituents is 1. The van der Waals surface area contributed by atoms with Crippen LogP contribution >= 0.6 is 0 Å². The lowest BCUT2D eigenvalue weighted by Crippen LogP contribution is -1.98. The number of hydrogen-bond donors (Lipinski definition) is 0. The van der Waals surface area contributed by atoms with Crippen LogP contribution in [0.3, 0.4) is 0 Å². The Bertz CT molecular complexity index is 661. The molecule has 0 bridgehead atoms. The summed E-state index contributed by atoms with van der Waals surface area (Å²) in [6.07, 6.45) is 0. The SMILES string of the molecule is CCOc1nc2ccc([N+](=O)[O-])cc2cc1C#N. The number of nitrogens with zero attached hydrogens (tertiary/aromatic N) is 3. The molecule has 1 aromatic carbocycles. The van der Waals surface area contributed by atoms with Crippen LogP contribution in [0.25, 0.3) is 10.9 Å². The highest BCUT2D eigenvalue weighted by Crippen LogP contribution is 2.25. The smallest absolute Gasteiger partial charge is 0.270 e. The summed E-state index contributed by atoms with van der Waals surface area (Å²) in [6, 6.07) is 7.80. The van der Waals surface area contributed by atoms with Gasteiger partial charge in [0.2, 0.25) is 5.88 Å². The number of pyridine rings is 1. The fourth-order valence-corrected chi connectivity index (χ4v) is 1.59. The molecule has 0 radical (unpaired) electrons. The first kappa shape index (κ1) is 11.8. The molecule has 0 aliphatic rings. The molecule has 2 aromatic rings. The van der Waals surface area contributed by atoms with Crippen LogP contribution < -0.4 is 4.74 Å². The highest BCUT2D eigenvalue weighted by Gasteiger charge is 2.11. The quantitative estimate of drug-likeness (QED) is 0.610. The van der Waals surface area contributed by atoms with Gasteiger partial charge in [0.05, 0.1) is 17.0 Å². The van der Waals surface area contributed by atoms with Crippen molar-refractivity contribution in [1.29, 1.82) is 5.26 Å². The minimum absolute atomic E-state index is 0.0302. The summed E-state index contributed by atoms with van der Waals surface area (Å²) in [6.45, 7) is 2.20. The molecule has 0 atom stereocenters. The van der Waals surface area contributed by atoms with E-state index in [1.54, 1.807) is 13.0 Å². The van der Waals surface area contributed by atoms with Gasteiger partial charge in [0.15, 0.2) is 0 Å². The van der Waals surface area contributed by atoms with Gasteiger partial charge in [-0.2, -0.15) is 5.26 Å². The Balaban J connectivity index is 2.64. The highest BCUT2D eigenvalue weighted by molar-refractivity contribution is 5.83. The first-order chi connectivity index (χ1) is 8.65. The van der Waals surface area contributed by atoms with Crippen LogP contribution in [-0.2, 0) is 0 Å². The van der Waals surface area contributed by atoms with Crippen molar-refractivity contribution in [3.8, 4) is 11.9 Å². The molecule has 90 valence electrons. The minimum atomic E-state index is -0.484. The third kappa shape index (κ3) is 2.06. The summed E-state index contributed by atoms with van der Waals surface area (Å²) in [4.78, 5) is 14.3. The molecule has 0 saturated carbocycles. The number of benzene rings is 1. The van der Waals surface area contributed by atoms with Gasteiger partial charge in [-0.3, -0.25) is 10.1 Å². The molecule has 2 rings (SSSR count). The summed E-state index contributed by atoms with van der Waals surface area (Å²) in [7, 11) is 0. The van der Waals surface area contributed by atoms with Gasteiger partial charge in [0, 0.05) is 17.5 Å². The lowest BCUT2D eigenvalue weighted by Gasteiger charge is -2.05. The number of rotatable bonds is 3. The van der Waals surface area contributed by atoms with Crippen molar-refractivity contribution in [3.63, 3.8) is 0 Å². The van der Waals surface area contributed by atoms with Gasteiger partial charge in [-0.15, -0.1) is 0 Å². The molecule has 18 heavy (non-hydrogen) atoms. The zero-order valence-corrected chi connectivity index (χ0v) is 9.58. The van der Waals surface area contributed by atoms with E-state index in [0.29, 0.717) is 17.5 Å². The Morgan fingerprint density at radius 2 is 2.28 bits per heavy atom. The molecule has 0 fully saturated rings. The molecular formula is C12H9N3O3. The van der Waals surface area contributed by atoms with Crippen LogP contribution in [0, 0.1) is 21.4 Å². The maximum Gasteiger partial charge on any atom is 0.270 e. The topological polar surface area (TPSA) is 89.1 Å². The largest absolute Gasteiger partial charge is 0.477 e. The van der Waals surface area contributed by atoms with E-state index in [0.717, 1.165) is 0 Å². The number of aromatic nitrogens is 1. The lowest BCUT2D eigenvalue weighted by molar-refractivity contribution is -0.384. The average molecular weight is 243 g/mol. The van der Waals surface area contributed by atoms with E-state index in [9.17, 15) is 10.1 Å². The molecule has 6 nitrogen and oxygen atoms in total. The van der Waals surface area contributed by atoms with Gasteiger partial charge in [-0.05, 0) is 19.1 Å². The monoisotopic (exact) mass is 243 g/mol. The van der Waals surface area contributed by atoms with E-state index >= 15 is 0 Å². The van der Waals surface area contributed by atoms with Crippen LogP contribution in [0.1, 0.15) is 12.5 Å². The molecule has 0 saturated heterocycles. The van der Waals surface area contributed by atoms with Gasteiger partial charge in [-0.25, -0.2) is 4.98 Å². The lowest BCUT2D eigenvalue weighted by atomic mass is 10.1. The van der Waals surface area contributed by atoms with Crippen LogP contribution in [0.5, 0.6) is 5.88 Å². The fourth-order valence-electron chi connectivity index (χ4n) is 1.59. The van der Waals surface area contributed by atoms with E-state index < -0.39 is 4.92 Å². The Hall–Kier alpha value is -2.68. The Morgan fingerprint density at radius 3 is 2.89 bits per heavy atom. The molecule has 0 amide bonds. The van der Waals surface area contributed by atoms with E-state index in [-0.39, 0.29) is 17.1 Å². The molecule has 0 unspecified atom stereocenters. The molecule has 6 heteroatoms. The van der Waals surface area contributed by atoms with Gasteiger partial charge >= 0.3 is 0 Å². The summed E-state index contributed by atoms with van der Waals surface area (Å²) < 4.78 is 5.25. The second kappa shape index (κ2) is 4.67. The van der Waals surface area contributed by atoms with Crippen LogP contribution in [0.4, 0.5) is 5.69 Å². The number of ether oxygens (including phenoxy) is 1. The van der Waals surface area contributed by atoms with Gasteiger partial charge < -0.3 is 4.74 Å². The normalized spacial score (nSPS) is 10.0.